The third kappa shape index (κ3) is 6.41. The fourth-order valence-electron chi connectivity index (χ4n) is 2.39. The number of hydrogen-bond acceptors (Lipinski definition) is 4. The van der Waals surface area contributed by atoms with Gasteiger partial charge in [-0.1, -0.05) is 6.07 Å². The molecule has 27 heavy (non-hydrogen) atoms. The van der Waals surface area contributed by atoms with Gasteiger partial charge in [-0.15, -0.1) is 11.3 Å². The van der Waals surface area contributed by atoms with Crippen LogP contribution in [0.25, 0.3) is 0 Å². The highest BCUT2D eigenvalue weighted by Gasteiger charge is 2.23. The van der Waals surface area contributed by atoms with E-state index < -0.39 is 0 Å². The molecule has 0 aliphatic heterocycles. The van der Waals surface area contributed by atoms with E-state index in [-0.39, 0.29) is 17.8 Å². The van der Waals surface area contributed by atoms with E-state index in [0.29, 0.717) is 41.7 Å². The largest absolute Gasteiger partial charge is 0.351 e. The van der Waals surface area contributed by atoms with E-state index >= 15 is 0 Å². The highest BCUT2D eigenvalue weighted by molar-refractivity contribution is 7.12. The minimum Gasteiger partial charge on any atom is -0.351 e. The first-order valence-corrected chi connectivity index (χ1v) is 9.77. The Morgan fingerprint density at radius 2 is 1.70 bits per heavy atom. The van der Waals surface area contributed by atoms with Crippen LogP contribution in [-0.4, -0.2) is 30.4 Å². The van der Waals surface area contributed by atoms with Crippen molar-refractivity contribution in [1.29, 1.82) is 0 Å². The fourth-order valence-corrected chi connectivity index (χ4v) is 3.03. The molecule has 0 unspecified atom stereocenters. The van der Waals surface area contributed by atoms with Crippen molar-refractivity contribution in [2.75, 3.05) is 17.2 Å². The van der Waals surface area contributed by atoms with Crippen molar-refractivity contribution < 1.29 is 14.4 Å². The average molecular weight is 386 g/mol. The van der Waals surface area contributed by atoms with Crippen LogP contribution in [0.3, 0.4) is 0 Å². The highest BCUT2D eigenvalue weighted by atomic mass is 32.1. The lowest BCUT2D eigenvalue weighted by Crippen LogP contribution is -2.30. The molecule has 1 aromatic heterocycles. The quantitative estimate of drug-likeness (QED) is 0.524. The Balaban J connectivity index is 1.33. The molecule has 142 valence electrons. The third-order valence-electron chi connectivity index (χ3n) is 3.95. The first-order valence-electron chi connectivity index (χ1n) is 8.89. The van der Waals surface area contributed by atoms with Crippen LogP contribution in [-0.2, 0) is 4.79 Å². The molecule has 1 heterocycles. The van der Waals surface area contributed by atoms with E-state index in [1.165, 1.54) is 11.3 Å². The van der Waals surface area contributed by atoms with Gasteiger partial charge in [-0.3, -0.25) is 9.59 Å². The molecule has 0 bridgehead atoms. The molecule has 0 radical (unpaired) electrons. The Morgan fingerprint density at radius 1 is 1.00 bits per heavy atom. The van der Waals surface area contributed by atoms with Crippen LogP contribution < -0.4 is 21.3 Å². The number of carbonyl (C=O) groups is 3. The van der Waals surface area contributed by atoms with Gasteiger partial charge in [0.1, 0.15) is 0 Å². The van der Waals surface area contributed by atoms with Gasteiger partial charge in [0.15, 0.2) is 0 Å². The number of amides is 4. The molecule has 0 saturated heterocycles. The van der Waals surface area contributed by atoms with E-state index in [9.17, 15) is 14.4 Å². The average Bonchev–Trinajstić information content (AvgIpc) is 3.28. The number of anilines is 2. The highest BCUT2D eigenvalue weighted by Crippen LogP contribution is 2.19. The molecule has 8 heteroatoms. The zero-order chi connectivity index (χ0) is 19.1. The molecule has 0 atom stereocenters. The summed E-state index contributed by atoms with van der Waals surface area (Å²) in [7, 11) is 0. The first-order chi connectivity index (χ1) is 13.1. The summed E-state index contributed by atoms with van der Waals surface area (Å²) in [5.41, 5.74) is 1.33. The smallest absolute Gasteiger partial charge is 0.319 e. The van der Waals surface area contributed by atoms with Crippen molar-refractivity contribution in [2.24, 2.45) is 0 Å². The molecular weight excluding hydrogens is 364 g/mol. The molecule has 4 amide bonds. The van der Waals surface area contributed by atoms with Crippen molar-refractivity contribution in [3.05, 3.63) is 46.7 Å². The molecule has 0 spiro atoms. The van der Waals surface area contributed by atoms with Crippen molar-refractivity contribution in [3.63, 3.8) is 0 Å². The van der Waals surface area contributed by atoms with Gasteiger partial charge in [-0.05, 0) is 55.0 Å². The van der Waals surface area contributed by atoms with Crippen LogP contribution >= 0.6 is 11.3 Å². The molecule has 7 nitrogen and oxygen atoms in total. The second-order valence-corrected chi connectivity index (χ2v) is 7.28. The van der Waals surface area contributed by atoms with E-state index in [1.807, 2.05) is 11.4 Å². The fraction of sp³-hybridized carbons (Fsp3) is 0.316. The zero-order valence-corrected chi connectivity index (χ0v) is 15.6. The maximum Gasteiger partial charge on any atom is 0.319 e. The SMILES string of the molecule is O=C(CCCNC(=O)c1cccs1)Nc1ccc(NC(=O)NC2CC2)cc1. The summed E-state index contributed by atoms with van der Waals surface area (Å²) >= 11 is 1.39. The Hall–Kier alpha value is -2.87. The summed E-state index contributed by atoms with van der Waals surface area (Å²) in [4.78, 5) is 36.1. The van der Waals surface area contributed by atoms with Gasteiger partial charge in [-0.25, -0.2) is 4.79 Å². The van der Waals surface area contributed by atoms with Gasteiger partial charge in [0, 0.05) is 30.4 Å². The maximum absolute atomic E-state index is 12.0. The van der Waals surface area contributed by atoms with Crippen LogP contribution in [0.2, 0.25) is 0 Å². The minimum atomic E-state index is -0.209. The number of carbonyl (C=O) groups excluding carboxylic acids is 3. The van der Waals surface area contributed by atoms with Gasteiger partial charge in [0.05, 0.1) is 4.88 Å². The van der Waals surface area contributed by atoms with Crippen LogP contribution in [0, 0.1) is 0 Å². The van der Waals surface area contributed by atoms with Crippen LogP contribution in [0.4, 0.5) is 16.2 Å². The van der Waals surface area contributed by atoms with E-state index in [4.69, 9.17) is 0 Å². The topological polar surface area (TPSA) is 99.3 Å². The van der Waals surface area contributed by atoms with Crippen LogP contribution in [0.15, 0.2) is 41.8 Å². The van der Waals surface area contributed by atoms with Crippen molar-refractivity contribution in [1.82, 2.24) is 10.6 Å². The summed E-state index contributed by atoms with van der Waals surface area (Å²) in [5, 5.41) is 13.0. The summed E-state index contributed by atoms with van der Waals surface area (Å²) in [6.45, 7) is 0.448. The number of urea groups is 1. The molecule has 3 rings (SSSR count). The molecule has 1 aliphatic carbocycles. The first kappa shape index (κ1) is 18.9. The Kier molecular flexibility index (Phi) is 6.43. The van der Waals surface area contributed by atoms with Crippen LogP contribution in [0.5, 0.6) is 0 Å². The zero-order valence-electron chi connectivity index (χ0n) is 14.8. The lowest BCUT2D eigenvalue weighted by Gasteiger charge is -2.09. The normalized spacial score (nSPS) is 12.9. The number of nitrogens with one attached hydrogen (secondary N) is 4. The number of thiophene rings is 1. The predicted molar refractivity (Wildman–Crippen MR) is 106 cm³/mol. The Labute approximate surface area is 161 Å². The minimum absolute atomic E-state index is 0.112. The molecule has 2 aromatic rings. The van der Waals surface area contributed by atoms with Gasteiger partial charge in [0.25, 0.3) is 5.91 Å². The number of hydrogen-bond donors (Lipinski definition) is 4. The third-order valence-corrected chi connectivity index (χ3v) is 4.82. The van der Waals surface area contributed by atoms with E-state index in [2.05, 4.69) is 21.3 Å². The maximum atomic E-state index is 12.0. The second kappa shape index (κ2) is 9.18. The summed E-state index contributed by atoms with van der Waals surface area (Å²) in [6, 6.07) is 10.6. The van der Waals surface area contributed by atoms with Gasteiger partial charge >= 0.3 is 6.03 Å². The van der Waals surface area contributed by atoms with E-state index in [1.54, 1.807) is 30.3 Å². The molecule has 1 aliphatic rings. The standard InChI is InChI=1S/C19H22N4O3S/c24-17(4-1-11-20-18(25)16-3-2-12-27-16)21-13-5-7-14(8-6-13)22-19(26)23-15-9-10-15/h2-3,5-8,12,15H,1,4,9-11H2,(H,20,25)(H,21,24)(H2,22,23,26). The monoisotopic (exact) mass is 386 g/mol. The van der Waals surface area contributed by atoms with E-state index in [0.717, 1.165) is 12.8 Å². The number of rotatable bonds is 8. The predicted octanol–water partition coefficient (Wildman–Crippen LogP) is 3.18. The van der Waals surface area contributed by atoms with Crippen molar-refractivity contribution in [2.45, 2.75) is 31.7 Å². The Bertz CT molecular complexity index is 786. The van der Waals surface area contributed by atoms with Crippen LogP contribution in [0.1, 0.15) is 35.4 Å². The lowest BCUT2D eigenvalue weighted by atomic mass is 10.2. The van der Waals surface area contributed by atoms with Crippen molar-refractivity contribution in [3.8, 4) is 0 Å². The van der Waals surface area contributed by atoms with Gasteiger partial charge in [0.2, 0.25) is 5.91 Å². The lowest BCUT2D eigenvalue weighted by molar-refractivity contribution is -0.116. The summed E-state index contributed by atoms with van der Waals surface area (Å²) in [6.07, 6.45) is 2.95. The second-order valence-electron chi connectivity index (χ2n) is 6.34. The number of benzene rings is 1. The molecule has 1 fully saturated rings. The van der Waals surface area contributed by atoms with Crippen molar-refractivity contribution >= 4 is 40.6 Å². The van der Waals surface area contributed by atoms with Gasteiger partial charge < -0.3 is 21.3 Å². The summed E-state index contributed by atoms with van der Waals surface area (Å²) in [5.74, 6) is -0.230. The molecule has 4 N–H and O–H groups in total. The molecular formula is C19H22N4O3S. The van der Waals surface area contributed by atoms with Gasteiger partial charge in [-0.2, -0.15) is 0 Å². The Morgan fingerprint density at radius 3 is 2.33 bits per heavy atom. The molecule has 1 aromatic carbocycles. The summed E-state index contributed by atoms with van der Waals surface area (Å²) < 4.78 is 0. The molecule has 1 saturated carbocycles.